The average molecular weight is 264 g/mol. The van der Waals surface area contributed by atoms with Gasteiger partial charge in [0.25, 0.3) is 0 Å². The summed E-state index contributed by atoms with van der Waals surface area (Å²) in [5, 5.41) is 2.87. The molecule has 0 aliphatic rings. The molecule has 3 N–H and O–H groups in total. The van der Waals surface area contributed by atoms with Crippen molar-refractivity contribution in [3.63, 3.8) is 0 Å². The lowest BCUT2D eigenvalue weighted by molar-refractivity contribution is -0.120. The smallest absolute Gasteiger partial charge is 0.234 e. The Morgan fingerprint density at radius 2 is 2.05 bits per heavy atom. The van der Waals surface area contributed by atoms with E-state index in [1.54, 1.807) is 7.05 Å². The molecule has 1 aromatic rings. The van der Waals surface area contributed by atoms with Gasteiger partial charge < -0.3 is 15.8 Å². The number of hydrogen-bond acceptors (Lipinski definition) is 3. The highest BCUT2D eigenvalue weighted by Gasteiger charge is 2.11. The minimum atomic E-state index is -0.346. The van der Waals surface area contributed by atoms with Crippen molar-refractivity contribution in [2.24, 2.45) is 5.73 Å². The van der Waals surface area contributed by atoms with E-state index in [0.29, 0.717) is 13.0 Å². The fraction of sp³-hybridized carbons (Fsp3) is 0.533. The van der Waals surface area contributed by atoms with Crippen molar-refractivity contribution in [2.45, 2.75) is 38.6 Å². The van der Waals surface area contributed by atoms with Crippen LogP contribution in [-0.4, -0.2) is 25.6 Å². The molecular formula is C15H24N2O2. The molecule has 0 aliphatic carbocycles. The van der Waals surface area contributed by atoms with Crippen molar-refractivity contribution >= 4 is 5.91 Å². The predicted molar refractivity (Wildman–Crippen MR) is 77.2 cm³/mol. The van der Waals surface area contributed by atoms with Crippen molar-refractivity contribution < 1.29 is 9.53 Å². The summed E-state index contributed by atoms with van der Waals surface area (Å²) in [5.41, 5.74) is 6.57. The zero-order valence-electron chi connectivity index (χ0n) is 11.8. The van der Waals surface area contributed by atoms with Gasteiger partial charge in [-0.3, -0.25) is 4.79 Å². The van der Waals surface area contributed by atoms with E-state index in [0.717, 1.165) is 12.2 Å². The zero-order chi connectivity index (χ0) is 14.1. The Morgan fingerprint density at radius 1 is 1.37 bits per heavy atom. The Labute approximate surface area is 115 Å². The van der Waals surface area contributed by atoms with Crippen molar-refractivity contribution in [1.82, 2.24) is 5.32 Å². The molecule has 1 atom stereocenters. The van der Waals surface area contributed by atoms with E-state index in [1.165, 1.54) is 18.4 Å². The Bertz CT molecular complexity index is 376. The van der Waals surface area contributed by atoms with Crippen LogP contribution in [0.25, 0.3) is 0 Å². The van der Waals surface area contributed by atoms with Crippen LogP contribution in [0.5, 0.6) is 5.75 Å². The van der Waals surface area contributed by atoms with Gasteiger partial charge in [-0.15, -0.1) is 0 Å². The van der Waals surface area contributed by atoms with Gasteiger partial charge in [0.05, 0.1) is 12.6 Å². The topological polar surface area (TPSA) is 64.3 Å². The third-order valence-electron chi connectivity index (χ3n) is 3.11. The molecule has 0 aliphatic heterocycles. The van der Waals surface area contributed by atoms with Gasteiger partial charge in [-0.2, -0.15) is 0 Å². The van der Waals surface area contributed by atoms with Crippen molar-refractivity contribution in [3.05, 3.63) is 29.8 Å². The van der Waals surface area contributed by atoms with Crippen LogP contribution in [0.3, 0.4) is 0 Å². The molecule has 1 aromatic carbocycles. The van der Waals surface area contributed by atoms with E-state index in [1.807, 2.05) is 12.1 Å². The maximum absolute atomic E-state index is 11.0. The number of rotatable bonds is 9. The van der Waals surface area contributed by atoms with Crippen LogP contribution in [0.15, 0.2) is 24.3 Å². The summed E-state index contributed by atoms with van der Waals surface area (Å²) in [7, 11) is 1.72. The van der Waals surface area contributed by atoms with Gasteiger partial charge in [0, 0.05) is 6.42 Å². The number of carbonyl (C=O) groups is 1. The number of likely N-dealkylation sites (N-methyl/N-ethyl adjacent to an activating group) is 1. The normalized spacial score (nSPS) is 12.1. The van der Waals surface area contributed by atoms with Gasteiger partial charge in [-0.25, -0.2) is 0 Å². The highest BCUT2D eigenvalue weighted by atomic mass is 16.5. The minimum Gasteiger partial charge on any atom is -0.494 e. The lowest BCUT2D eigenvalue weighted by atomic mass is 10.1. The highest BCUT2D eigenvalue weighted by molar-refractivity contribution is 5.79. The molecule has 1 amide bonds. The van der Waals surface area contributed by atoms with E-state index in [-0.39, 0.29) is 11.9 Å². The minimum absolute atomic E-state index is 0.330. The standard InChI is InChI=1S/C15H24N2O2/c1-3-4-5-12-6-8-13(9-7-12)19-11-10-14(17-2)15(16)18/h6-9,14,17H,3-5,10-11H2,1-2H3,(H2,16,18). The quantitative estimate of drug-likeness (QED) is 0.715. The number of ether oxygens (including phenoxy) is 1. The maximum atomic E-state index is 11.0. The summed E-state index contributed by atoms with van der Waals surface area (Å²) in [6.07, 6.45) is 4.10. The molecule has 0 aromatic heterocycles. The van der Waals surface area contributed by atoms with Crippen molar-refractivity contribution in [2.75, 3.05) is 13.7 Å². The van der Waals surface area contributed by atoms with E-state index in [4.69, 9.17) is 10.5 Å². The molecule has 0 bridgehead atoms. The molecule has 0 spiro atoms. The van der Waals surface area contributed by atoms with Crippen molar-refractivity contribution in [1.29, 1.82) is 0 Å². The number of nitrogens with one attached hydrogen (secondary N) is 1. The van der Waals surface area contributed by atoms with Gasteiger partial charge in [-0.1, -0.05) is 25.5 Å². The Morgan fingerprint density at radius 3 is 2.58 bits per heavy atom. The first-order chi connectivity index (χ1) is 9.17. The van der Waals surface area contributed by atoms with Crippen LogP contribution in [0, 0.1) is 0 Å². The zero-order valence-corrected chi connectivity index (χ0v) is 11.8. The third kappa shape index (κ3) is 5.75. The Balaban J connectivity index is 2.35. The molecule has 0 radical (unpaired) electrons. The van der Waals surface area contributed by atoms with E-state index in [2.05, 4.69) is 24.4 Å². The van der Waals surface area contributed by atoms with Gasteiger partial charge in [0.2, 0.25) is 5.91 Å². The molecule has 106 valence electrons. The molecule has 0 fully saturated rings. The highest BCUT2D eigenvalue weighted by Crippen LogP contribution is 2.14. The molecular weight excluding hydrogens is 240 g/mol. The first-order valence-electron chi connectivity index (χ1n) is 6.85. The van der Waals surface area contributed by atoms with E-state index in [9.17, 15) is 4.79 Å². The molecule has 0 heterocycles. The fourth-order valence-electron chi connectivity index (χ4n) is 1.86. The molecule has 4 heteroatoms. The fourth-order valence-corrected chi connectivity index (χ4v) is 1.86. The number of benzene rings is 1. The number of carbonyl (C=O) groups excluding carboxylic acids is 1. The van der Waals surface area contributed by atoms with Gasteiger partial charge in [0.1, 0.15) is 5.75 Å². The molecule has 0 saturated carbocycles. The van der Waals surface area contributed by atoms with Crippen molar-refractivity contribution in [3.8, 4) is 5.75 Å². The first-order valence-corrected chi connectivity index (χ1v) is 6.85. The van der Waals surface area contributed by atoms with E-state index < -0.39 is 0 Å². The lowest BCUT2D eigenvalue weighted by Crippen LogP contribution is -2.40. The Kier molecular flexibility index (Phi) is 6.97. The van der Waals surface area contributed by atoms with Crippen LogP contribution in [0.2, 0.25) is 0 Å². The maximum Gasteiger partial charge on any atom is 0.234 e. The second kappa shape index (κ2) is 8.53. The Hall–Kier alpha value is -1.55. The summed E-state index contributed by atoms with van der Waals surface area (Å²) < 4.78 is 5.60. The monoisotopic (exact) mass is 264 g/mol. The number of primary amides is 1. The van der Waals surface area contributed by atoms with Crippen LogP contribution in [0.4, 0.5) is 0 Å². The third-order valence-corrected chi connectivity index (χ3v) is 3.11. The molecule has 1 rings (SSSR count). The molecule has 0 saturated heterocycles. The summed E-state index contributed by atoms with van der Waals surface area (Å²) in [6, 6.07) is 7.81. The number of hydrogen-bond donors (Lipinski definition) is 2. The van der Waals surface area contributed by atoms with Crippen LogP contribution >= 0.6 is 0 Å². The molecule has 4 nitrogen and oxygen atoms in total. The van der Waals surface area contributed by atoms with Gasteiger partial charge in [0.15, 0.2) is 0 Å². The summed E-state index contributed by atoms with van der Waals surface area (Å²) >= 11 is 0. The largest absolute Gasteiger partial charge is 0.494 e. The SMILES string of the molecule is CCCCc1ccc(OCCC(NC)C(N)=O)cc1. The van der Waals surface area contributed by atoms with Gasteiger partial charge >= 0.3 is 0 Å². The predicted octanol–water partition coefficient (Wildman–Crippen LogP) is 1.87. The van der Waals surface area contributed by atoms with Gasteiger partial charge in [-0.05, 0) is 37.6 Å². The number of aryl methyl sites for hydroxylation is 1. The first kappa shape index (κ1) is 15.5. The second-order valence-corrected chi connectivity index (χ2v) is 4.63. The molecule has 1 unspecified atom stereocenters. The second-order valence-electron chi connectivity index (χ2n) is 4.63. The number of nitrogens with two attached hydrogens (primary N) is 1. The van der Waals surface area contributed by atoms with Crippen LogP contribution in [-0.2, 0) is 11.2 Å². The summed E-state index contributed by atoms with van der Waals surface area (Å²) in [6.45, 7) is 2.66. The van der Waals surface area contributed by atoms with Crippen LogP contribution in [0.1, 0.15) is 31.7 Å². The molecule has 19 heavy (non-hydrogen) atoms. The lowest BCUT2D eigenvalue weighted by Gasteiger charge is -2.13. The van der Waals surface area contributed by atoms with Crippen LogP contribution < -0.4 is 15.8 Å². The number of amides is 1. The number of unbranched alkanes of at least 4 members (excludes halogenated alkanes) is 1. The summed E-state index contributed by atoms with van der Waals surface area (Å²) in [4.78, 5) is 11.0. The summed E-state index contributed by atoms with van der Waals surface area (Å²) in [5.74, 6) is 0.487. The van der Waals surface area contributed by atoms with E-state index >= 15 is 0 Å². The average Bonchev–Trinajstić information content (AvgIpc) is 2.42.